The summed E-state index contributed by atoms with van der Waals surface area (Å²) < 4.78 is 4.80. The van der Waals surface area contributed by atoms with Crippen molar-refractivity contribution in [1.82, 2.24) is 0 Å². The van der Waals surface area contributed by atoms with E-state index in [1.165, 1.54) is 7.11 Å². The third-order valence-electron chi connectivity index (χ3n) is 3.40. The molecule has 0 aromatic heterocycles. The molecule has 0 spiro atoms. The van der Waals surface area contributed by atoms with E-state index in [4.69, 9.17) is 4.74 Å². The van der Waals surface area contributed by atoms with Crippen LogP contribution in [0.15, 0.2) is 30.3 Å². The molecule has 1 saturated carbocycles. The summed E-state index contributed by atoms with van der Waals surface area (Å²) in [5, 5.41) is 0. The van der Waals surface area contributed by atoms with Crippen LogP contribution in [-0.4, -0.2) is 18.9 Å². The number of methoxy groups -OCH3 is 1. The SMILES string of the molecule is COC(=O)[C@H]1CC(=O)CC[C@@H]1c1ccccc1. The van der Waals surface area contributed by atoms with Crippen LogP contribution in [0.4, 0.5) is 0 Å². The van der Waals surface area contributed by atoms with Gasteiger partial charge in [-0.2, -0.15) is 0 Å². The fourth-order valence-corrected chi connectivity index (χ4v) is 2.51. The second-order valence-electron chi connectivity index (χ2n) is 4.43. The summed E-state index contributed by atoms with van der Waals surface area (Å²) in [6.45, 7) is 0. The Balaban J connectivity index is 2.24. The Morgan fingerprint density at radius 2 is 2.00 bits per heavy atom. The molecule has 0 radical (unpaired) electrons. The molecule has 1 fully saturated rings. The van der Waals surface area contributed by atoms with Crippen molar-refractivity contribution in [2.24, 2.45) is 5.92 Å². The maximum absolute atomic E-state index is 11.7. The van der Waals surface area contributed by atoms with Gasteiger partial charge in [0.15, 0.2) is 0 Å². The van der Waals surface area contributed by atoms with Crippen molar-refractivity contribution in [3.8, 4) is 0 Å². The highest BCUT2D eigenvalue weighted by molar-refractivity contribution is 5.86. The Labute approximate surface area is 101 Å². The average Bonchev–Trinajstić information content (AvgIpc) is 2.38. The molecular formula is C14H16O3. The molecule has 0 bridgehead atoms. The number of esters is 1. The van der Waals surface area contributed by atoms with E-state index in [0.717, 1.165) is 12.0 Å². The molecule has 2 rings (SSSR count). The lowest BCUT2D eigenvalue weighted by molar-refractivity contribution is -0.149. The van der Waals surface area contributed by atoms with Crippen LogP contribution in [0.1, 0.15) is 30.7 Å². The van der Waals surface area contributed by atoms with Crippen LogP contribution in [0.5, 0.6) is 0 Å². The molecule has 1 aromatic rings. The summed E-state index contributed by atoms with van der Waals surface area (Å²) in [4.78, 5) is 23.2. The van der Waals surface area contributed by atoms with Crippen LogP contribution in [0, 0.1) is 5.92 Å². The average molecular weight is 232 g/mol. The van der Waals surface area contributed by atoms with E-state index in [0.29, 0.717) is 12.8 Å². The summed E-state index contributed by atoms with van der Waals surface area (Å²) in [6.07, 6.45) is 1.61. The minimum absolute atomic E-state index is 0.112. The number of benzene rings is 1. The van der Waals surface area contributed by atoms with Gasteiger partial charge in [0, 0.05) is 12.8 Å². The summed E-state index contributed by atoms with van der Waals surface area (Å²) in [6, 6.07) is 9.89. The van der Waals surface area contributed by atoms with Gasteiger partial charge in [0.05, 0.1) is 13.0 Å². The van der Waals surface area contributed by atoms with Gasteiger partial charge in [-0.3, -0.25) is 9.59 Å². The van der Waals surface area contributed by atoms with E-state index in [1.54, 1.807) is 0 Å². The Kier molecular flexibility index (Phi) is 3.57. The van der Waals surface area contributed by atoms with Crippen molar-refractivity contribution in [2.75, 3.05) is 7.11 Å². The normalized spacial score (nSPS) is 24.4. The lowest BCUT2D eigenvalue weighted by Crippen LogP contribution is -2.30. The van der Waals surface area contributed by atoms with Gasteiger partial charge in [-0.05, 0) is 17.9 Å². The minimum atomic E-state index is -0.316. The molecule has 0 heterocycles. The van der Waals surface area contributed by atoms with Gasteiger partial charge in [0.2, 0.25) is 0 Å². The zero-order valence-corrected chi connectivity index (χ0v) is 9.89. The van der Waals surface area contributed by atoms with E-state index in [1.807, 2.05) is 30.3 Å². The van der Waals surface area contributed by atoms with E-state index in [2.05, 4.69) is 0 Å². The Morgan fingerprint density at radius 1 is 1.29 bits per heavy atom. The quantitative estimate of drug-likeness (QED) is 0.735. The molecule has 3 heteroatoms. The number of hydrogen-bond donors (Lipinski definition) is 0. The van der Waals surface area contributed by atoms with E-state index < -0.39 is 0 Å². The van der Waals surface area contributed by atoms with Crippen molar-refractivity contribution >= 4 is 11.8 Å². The lowest BCUT2D eigenvalue weighted by Gasteiger charge is -2.29. The van der Waals surface area contributed by atoms with Crippen molar-refractivity contribution in [2.45, 2.75) is 25.2 Å². The maximum atomic E-state index is 11.7. The standard InChI is InChI=1S/C14H16O3/c1-17-14(16)13-9-11(15)7-8-12(13)10-5-3-2-4-6-10/h2-6,12-13H,7-9H2,1H3/t12-,13+/m1/s1. The molecule has 0 amide bonds. The minimum Gasteiger partial charge on any atom is -0.469 e. The molecule has 17 heavy (non-hydrogen) atoms. The summed E-state index contributed by atoms with van der Waals surface area (Å²) in [5.41, 5.74) is 1.12. The van der Waals surface area contributed by atoms with Gasteiger partial charge in [-0.15, -0.1) is 0 Å². The summed E-state index contributed by atoms with van der Waals surface area (Å²) in [7, 11) is 1.38. The fraction of sp³-hybridized carbons (Fsp3) is 0.429. The molecule has 3 nitrogen and oxygen atoms in total. The van der Waals surface area contributed by atoms with Gasteiger partial charge in [-0.25, -0.2) is 0 Å². The smallest absolute Gasteiger partial charge is 0.309 e. The second-order valence-corrected chi connectivity index (χ2v) is 4.43. The van der Waals surface area contributed by atoms with E-state index in [9.17, 15) is 9.59 Å². The zero-order chi connectivity index (χ0) is 12.3. The molecule has 1 aliphatic rings. The molecule has 0 saturated heterocycles. The number of Topliss-reactive ketones (excluding diaryl/α,β-unsaturated/α-hetero) is 1. The second kappa shape index (κ2) is 5.13. The first kappa shape index (κ1) is 11.8. The predicted molar refractivity (Wildman–Crippen MR) is 63.5 cm³/mol. The van der Waals surface area contributed by atoms with Crippen LogP contribution in [0.2, 0.25) is 0 Å². The van der Waals surface area contributed by atoms with Crippen LogP contribution in [-0.2, 0) is 14.3 Å². The Hall–Kier alpha value is -1.64. The first-order valence-electron chi connectivity index (χ1n) is 5.87. The van der Waals surface area contributed by atoms with Crippen molar-refractivity contribution in [1.29, 1.82) is 0 Å². The number of rotatable bonds is 2. The van der Waals surface area contributed by atoms with Gasteiger partial charge in [0.25, 0.3) is 0 Å². The van der Waals surface area contributed by atoms with Gasteiger partial charge in [-0.1, -0.05) is 30.3 Å². The first-order chi connectivity index (χ1) is 8.22. The number of ether oxygens (including phenoxy) is 1. The molecular weight excluding hydrogens is 216 g/mol. The predicted octanol–water partition coefficient (Wildman–Crippen LogP) is 2.31. The highest BCUT2D eigenvalue weighted by atomic mass is 16.5. The summed E-state index contributed by atoms with van der Waals surface area (Å²) in [5.74, 6) is -0.315. The fourth-order valence-electron chi connectivity index (χ4n) is 2.51. The van der Waals surface area contributed by atoms with E-state index in [-0.39, 0.29) is 23.6 Å². The number of ketones is 1. The molecule has 0 unspecified atom stereocenters. The molecule has 90 valence electrons. The topological polar surface area (TPSA) is 43.4 Å². The molecule has 0 N–H and O–H groups in total. The molecule has 1 aromatic carbocycles. The van der Waals surface area contributed by atoms with Crippen LogP contribution in [0.25, 0.3) is 0 Å². The molecule has 0 aliphatic heterocycles. The van der Waals surface area contributed by atoms with Gasteiger partial charge in [0.1, 0.15) is 5.78 Å². The summed E-state index contributed by atoms with van der Waals surface area (Å²) >= 11 is 0. The van der Waals surface area contributed by atoms with Crippen LogP contribution < -0.4 is 0 Å². The first-order valence-corrected chi connectivity index (χ1v) is 5.87. The largest absolute Gasteiger partial charge is 0.469 e. The Bertz CT molecular complexity index is 411. The zero-order valence-electron chi connectivity index (χ0n) is 9.89. The third-order valence-corrected chi connectivity index (χ3v) is 3.40. The number of hydrogen-bond acceptors (Lipinski definition) is 3. The lowest BCUT2D eigenvalue weighted by atomic mass is 9.75. The van der Waals surface area contributed by atoms with Gasteiger partial charge < -0.3 is 4.74 Å². The molecule has 2 atom stereocenters. The van der Waals surface area contributed by atoms with E-state index >= 15 is 0 Å². The maximum Gasteiger partial charge on any atom is 0.309 e. The third kappa shape index (κ3) is 2.54. The van der Waals surface area contributed by atoms with Crippen molar-refractivity contribution in [3.63, 3.8) is 0 Å². The van der Waals surface area contributed by atoms with Crippen LogP contribution >= 0.6 is 0 Å². The monoisotopic (exact) mass is 232 g/mol. The number of carbonyl (C=O) groups is 2. The van der Waals surface area contributed by atoms with Crippen molar-refractivity contribution in [3.05, 3.63) is 35.9 Å². The highest BCUT2D eigenvalue weighted by Gasteiger charge is 2.35. The highest BCUT2D eigenvalue weighted by Crippen LogP contribution is 2.36. The van der Waals surface area contributed by atoms with Crippen molar-refractivity contribution < 1.29 is 14.3 Å². The Morgan fingerprint density at radius 3 is 2.65 bits per heavy atom. The van der Waals surface area contributed by atoms with Crippen LogP contribution in [0.3, 0.4) is 0 Å². The molecule has 1 aliphatic carbocycles. The number of carbonyl (C=O) groups excluding carboxylic acids is 2. The van der Waals surface area contributed by atoms with Gasteiger partial charge >= 0.3 is 5.97 Å².